The fourth-order valence-corrected chi connectivity index (χ4v) is 3.88. The van der Waals surface area contributed by atoms with Crippen LogP contribution in [-0.2, 0) is 11.3 Å². The third-order valence-corrected chi connectivity index (χ3v) is 5.45. The van der Waals surface area contributed by atoms with E-state index in [-0.39, 0.29) is 17.2 Å². The summed E-state index contributed by atoms with van der Waals surface area (Å²) >= 11 is 13.1. The smallest absolute Gasteiger partial charge is 0.293 e. The molecule has 1 aliphatic rings. The lowest BCUT2D eigenvalue weighted by Crippen LogP contribution is -2.27. The number of imide groups is 1. The minimum Gasteiger partial charge on any atom is -0.504 e. The van der Waals surface area contributed by atoms with Crippen LogP contribution in [0.1, 0.15) is 18.1 Å². The molecule has 140 valence electrons. The molecule has 1 heterocycles. The van der Waals surface area contributed by atoms with Gasteiger partial charge in [-0.05, 0) is 54.6 Å². The Morgan fingerprint density at radius 1 is 1.19 bits per heavy atom. The number of rotatable bonds is 5. The minimum absolute atomic E-state index is 0.000285. The fourth-order valence-electron chi connectivity index (χ4n) is 2.52. The first kappa shape index (κ1) is 19.6. The van der Waals surface area contributed by atoms with Crippen LogP contribution >= 0.6 is 35.0 Å². The van der Waals surface area contributed by atoms with Gasteiger partial charge < -0.3 is 9.84 Å². The first-order valence-corrected chi connectivity index (χ1v) is 9.62. The van der Waals surface area contributed by atoms with Gasteiger partial charge in [0.05, 0.1) is 18.1 Å². The van der Waals surface area contributed by atoms with Crippen LogP contribution in [-0.4, -0.2) is 27.8 Å². The van der Waals surface area contributed by atoms with E-state index in [1.807, 2.05) is 0 Å². The number of benzene rings is 2. The molecule has 1 N–H and O–H groups in total. The standard InChI is InChI=1S/C19H15Cl2NO4S/c1-2-26-16-8-11(6-7-15(16)23)9-17-18(24)22(19(25)27-17)10-12-13(20)4-3-5-14(12)21/h3-9,23H,2,10H2,1H3/b17-9+. The molecule has 1 saturated heterocycles. The lowest BCUT2D eigenvalue weighted by Gasteiger charge is -2.14. The van der Waals surface area contributed by atoms with Crippen LogP contribution in [0.5, 0.6) is 11.5 Å². The lowest BCUT2D eigenvalue weighted by atomic mass is 10.1. The summed E-state index contributed by atoms with van der Waals surface area (Å²) in [5, 5.41) is 10.2. The second-order valence-corrected chi connectivity index (χ2v) is 7.44. The van der Waals surface area contributed by atoms with Crippen molar-refractivity contribution in [3.63, 3.8) is 0 Å². The number of thioether (sulfide) groups is 1. The molecule has 5 nitrogen and oxygen atoms in total. The number of nitrogens with zero attached hydrogens (tertiary/aromatic N) is 1. The third-order valence-electron chi connectivity index (χ3n) is 3.83. The number of amides is 2. The number of ether oxygens (including phenoxy) is 1. The predicted octanol–water partition coefficient (Wildman–Crippen LogP) is 5.33. The van der Waals surface area contributed by atoms with Crippen LogP contribution in [0, 0.1) is 0 Å². The molecule has 3 rings (SSSR count). The highest BCUT2D eigenvalue weighted by Crippen LogP contribution is 2.36. The van der Waals surface area contributed by atoms with Gasteiger partial charge >= 0.3 is 0 Å². The maximum Gasteiger partial charge on any atom is 0.293 e. The summed E-state index contributed by atoms with van der Waals surface area (Å²) in [6.45, 7) is 2.20. The van der Waals surface area contributed by atoms with Gasteiger partial charge in [-0.25, -0.2) is 0 Å². The van der Waals surface area contributed by atoms with E-state index in [9.17, 15) is 14.7 Å². The van der Waals surface area contributed by atoms with E-state index in [0.29, 0.717) is 33.5 Å². The molecule has 1 aliphatic heterocycles. The Bertz CT molecular complexity index is 925. The van der Waals surface area contributed by atoms with Gasteiger partial charge in [-0.1, -0.05) is 35.3 Å². The Morgan fingerprint density at radius 2 is 1.89 bits per heavy atom. The van der Waals surface area contributed by atoms with Crippen LogP contribution in [0.3, 0.4) is 0 Å². The number of halogens is 2. The number of hydrogen-bond acceptors (Lipinski definition) is 5. The molecule has 0 unspecified atom stereocenters. The molecule has 1 fully saturated rings. The minimum atomic E-state index is -0.424. The highest BCUT2D eigenvalue weighted by atomic mass is 35.5. The summed E-state index contributed by atoms with van der Waals surface area (Å²) < 4.78 is 5.34. The Kier molecular flexibility index (Phi) is 5.99. The highest BCUT2D eigenvalue weighted by Gasteiger charge is 2.35. The van der Waals surface area contributed by atoms with E-state index >= 15 is 0 Å². The molecule has 0 bridgehead atoms. The van der Waals surface area contributed by atoms with Crippen molar-refractivity contribution in [1.29, 1.82) is 0 Å². The first-order chi connectivity index (χ1) is 12.9. The average molecular weight is 424 g/mol. The van der Waals surface area contributed by atoms with Gasteiger partial charge in [0.15, 0.2) is 11.5 Å². The molecule has 0 aromatic heterocycles. The van der Waals surface area contributed by atoms with Crippen molar-refractivity contribution in [2.24, 2.45) is 0 Å². The molecule has 0 radical (unpaired) electrons. The van der Waals surface area contributed by atoms with E-state index in [0.717, 1.165) is 16.7 Å². The molecule has 0 spiro atoms. The van der Waals surface area contributed by atoms with Crippen molar-refractivity contribution in [1.82, 2.24) is 4.90 Å². The monoisotopic (exact) mass is 423 g/mol. The van der Waals surface area contributed by atoms with Crippen LogP contribution in [0.4, 0.5) is 4.79 Å². The average Bonchev–Trinajstić information content (AvgIpc) is 2.88. The highest BCUT2D eigenvalue weighted by molar-refractivity contribution is 8.18. The second kappa shape index (κ2) is 8.25. The fraction of sp³-hybridized carbons (Fsp3) is 0.158. The molecule has 0 aliphatic carbocycles. The summed E-state index contributed by atoms with van der Waals surface area (Å²) in [5.74, 6) is -0.101. The van der Waals surface area contributed by atoms with Gasteiger partial charge in [0, 0.05) is 15.6 Å². The molecule has 0 saturated carbocycles. The maximum absolute atomic E-state index is 12.7. The van der Waals surface area contributed by atoms with Gasteiger partial charge in [-0.3, -0.25) is 14.5 Å². The summed E-state index contributed by atoms with van der Waals surface area (Å²) in [4.78, 5) is 26.4. The molecule has 8 heteroatoms. The topological polar surface area (TPSA) is 66.8 Å². The number of phenols is 1. The van der Waals surface area contributed by atoms with Crippen molar-refractivity contribution >= 4 is 52.2 Å². The predicted molar refractivity (Wildman–Crippen MR) is 107 cm³/mol. The van der Waals surface area contributed by atoms with Crippen LogP contribution < -0.4 is 4.74 Å². The van der Waals surface area contributed by atoms with Gasteiger partial charge in [0.1, 0.15) is 0 Å². The molecule has 27 heavy (non-hydrogen) atoms. The van der Waals surface area contributed by atoms with Crippen LogP contribution in [0.15, 0.2) is 41.3 Å². The molecule has 2 amide bonds. The zero-order chi connectivity index (χ0) is 19.6. The number of phenolic OH excluding ortho intramolecular Hbond substituents is 1. The summed E-state index contributed by atoms with van der Waals surface area (Å²) in [7, 11) is 0. The summed E-state index contributed by atoms with van der Waals surface area (Å²) in [6, 6.07) is 9.73. The quantitative estimate of drug-likeness (QED) is 0.657. The van der Waals surface area contributed by atoms with Gasteiger partial charge in [0.25, 0.3) is 11.1 Å². The third kappa shape index (κ3) is 4.24. The van der Waals surface area contributed by atoms with E-state index in [1.165, 1.54) is 6.07 Å². The maximum atomic E-state index is 12.7. The van der Waals surface area contributed by atoms with Gasteiger partial charge in [-0.2, -0.15) is 0 Å². The largest absolute Gasteiger partial charge is 0.504 e. The number of hydrogen-bond donors (Lipinski definition) is 1. The van der Waals surface area contributed by atoms with E-state index < -0.39 is 11.1 Å². The Balaban J connectivity index is 1.86. The van der Waals surface area contributed by atoms with Crippen molar-refractivity contribution in [3.8, 4) is 11.5 Å². The zero-order valence-corrected chi connectivity index (χ0v) is 16.6. The van der Waals surface area contributed by atoms with Crippen molar-refractivity contribution in [2.45, 2.75) is 13.5 Å². The molecule has 0 atom stereocenters. The Morgan fingerprint density at radius 3 is 2.56 bits per heavy atom. The first-order valence-electron chi connectivity index (χ1n) is 8.04. The van der Waals surface area contributed by atoms with E-state index in [2.05, 4.69) is 0 Å². The SMILES string of the molecule is CCOc1cc(/C=C2/SC(=O)N(Cc3c(Cl)cccc3Cl)C2=O)ccc1O. The second-order valence-electron chi connectivity index (χ2n) is 5.63. The molecular formula is C19H15Cl2NO4S. The van der Waals surface area contributed by atoms with E-state index in [4.69, 9.17) is 27.9 Å². The Labute approximate surface area is 170 Å². The van der Waals surface area contributed by atoms with Crippen molar-refractivity contribution < 1.29 is 19.4 Å². The van der Waals surface area contributed by atoms with Crippen LogP contribution in [0.2, 0.25) is 10.0 Å². The lowest BCUT2D eigenvalue weighted by molar-refractivity contribution is -0.123. The zero-order valence-electron chi connectivity index (χ0n) is 14.2. The summed E-state index contributed by atoms with van der Waals surface area (Å²) in [5.41, 5.74) is 1.16. The van der Waals surface area contributed by atoms with Crippen molar-refractivity contribution in [2.75, 3.05) is 6.61 Å². The Hall–Kier alpha value is -2.15. The molecule has 2 aromatic rings. The van der Waals surface area contributed by atoms with Gasteiger partial charge in [0.2, 0.25) is 0 Å². The van der Waals surface area contributed by atoms with Gasteiger partial charge in [-0.15, -0.1) is 0 Å². The molecular weight excluding hydrogens is 409 g/mol. The van der Waals surface area contributed by atoms with Crippen molar-refractivity contribution in [3.05, 3.63) is 62.5 Å². The normalized spacial score (nSPS) is 15.7. The number of aromatic hydroxyl groups is 1. The van der Waals surface area contributed by atoms with E-state index in [1.54, 1.807) is 43.3 Å². The number of carbonyl (C=O) groups excluding carboxylic acids is 2. The summed E-state index contributed by atoms with van der Waals surface area (Å²) in [6.07, 6.45) is 1.58. The molecule has 2 aromatic carbocycles. The van der Waals surface area contributed by atoms with Crippen LogP contribution in [0.25, 0.3) is 6.08 Å². The number of carbonyl (C=O) groups is 2.